The van der Waals surface area contributed by atoms with Crippen LogP contribution in [0.4, 0.5) is 11.5 Å². The number of amides is 1. The fourth-order valence-electron chi connectivity index (χ4n) is 2.39. The first kappa shape index (κ1) is 14.8. The van der Waals surface area contributed by atoms with E-state index in [1.807, 2.05) is 19.1 Å². The number of pyridine rings is 1. The number of rotatable bonds is 4. The van der Waals surface area contributed by atoms with Crippen molar-refractivity contribution >= 4 is 28.7 Å². The van der Waals surface area contributed by atoms with Crippen LogP contribution in [0.5, 0.6) is 5.19 Å². The van der Waals surface area contributed by atoms with Crippen molar-refractivity contribution in [2.75, 3.05) is 23.4 Å². The van der Waals surface area contributed by atoms with Crippen LogP contribution >= 0.6 is 11.3 Å². The van der Waals surface area contributed by atoms with E-state index in [0.717, 1.165) is 17.9 Å². The Labute approximate surface area is 133 Å². The largest absolute Gasteiger partial charge is 0.470 e. The first-order chi connectivity index (χ1) is 10.7. The van der Waals surface area contributed by atoms with Gasteiger partial charge in [-0.05, 0) is 25.5 Å². The smallest absolute Gasteiger partial charge is 0.273 e. The Kier molecular flexibility index (Phi) is 4.24. The van der Waals surface area contributed by atoms with Crippen LogP contribution in [0.1, 0.15) is 29.9 Å². The molecular weight excluding hydrogens is 300 g/mol. The predicted molar refractivity (Wildman–Crippen MR) is 86.9 cm³/mol. The summed E-state index contributed by atoms with van der Waals surface area (Å²) in [6, 6.07) is 3.94. The Hall–Kier alpha value is -2.15. The molecule has 22 heavy (non-hydrogen) atoms. The van der Waals surface area contributed by atoms with Crippen molar-refractivity contribution in [3.8, 4) is 5.19 Å². The second-order valence-corrected chi connectivity index (χ2v) is 5.95. The van der Waals surface area contributed by atoms with Crippen molar-refractivity contribution in [1.29, 1.82) is 0 Å². The predicted octanol–water partition coefficient (Wildman–Crippen LogP) is 2.79. The summed E-state index contributed by atoms with van der Waals surface area (Å²) in [6.45, 7) is 5.15. The van der Waals surface area contributed by atoms with Crippen molar-refractivity contribution in [1.82, 2.24) is 9.97 Å². The summed E-state index contributed by atoms with van der Waals surface area (Å²) in [4.78, 5) is 23.7. The summed E-state index contributed by atoms with van der Waals surface area (Å²) in [5, 5.41) is 3.89. The maximum absolute atomic E-state index is 12.8. The van der Waals surface area contributed by atoms with E-state index in [9.17, 15) is 4.79 Å². The Morgan fingerprint density at radius 1 is 1.50 bits per heavy atom. The van der Waals surface area contributed by atoms with Gasteiger partial charge in [0.2, 0.25) is 0 Å². The highest BCUT2D eigenvalue weighted by atomic mass is 32.1. The molecule has 0 fully saturated rings. The van der Waals surface area contributed by atoms with Gasteiger partial charge in [0.25, 0.3) is 11.1 Å². The molecule has 1 aliphatic heterocycles. The molecule has 0 aliphatic carbocycles. The van der Waals surface area contributed by atoms with Crippen LogP contribution in [0.3, 0.4) is 0 Å². The summed E-state index contributed by atoms with van der Waals surface area (Å²) >= 11 is 1.28. The van der Waals surface area contributed by atoms with Crippen molar-refractivity contribution in [2.24, 2.45) is 0 Å². The second-order valence-electron chi connectivity index (χ2n) is 4.96. The van der Waals surface area contributed by atoms with E-state index < -0.39 is 0 Å². The van der Waals surface area contributed by atoms with Crippen LogP contribution < -0.4 is 15.0 Å². The highest BCUT2D eigenvalue weighted by Gasteiger charge is 2.29. The van der Waals surface area contributed by atoms with E-state index in [-0.39, 0.29) is 11.9 Å². The van der Waals surface area contributed by atoms with E-state index in [1.165, 1.54) is 11.3 Å². The van der Waals surface area contributed by atoms with E-state index in [1.54, 1.807) is 17.3 Å². The van der Waals surface area contributed by atoms with E-state index in [2.05, 4.69) is 22.2 Å². The highest BCUT2D eigenvalue weighted by molar-refractivity contribution is 7.15. The van der Waals surface area contributed by atoms with Gasteiger partial charge in [0.05, 0.1) is 18.5 Å². The minimum absolute atomic E-state index is 0.0577. The third-order valence-corrected chi connectivity index (χ3v) is 4.42. The molecule has 6 nitrogen and oxygen atoms in total. The molecular formula is C15H18N4O2S. The van der Waals surface area contributed by atoms with Gasteiger partial charge in [0, 0.05) is 18.8 Å². The molecule has 0 bridgehead atoms. The van der Waals surface area contributed by atoms with Crippen molar-refractivity contribution in [3.63, 3.8) is 0 Å². The summed E-state index contributed by atoms with van der Waals surface area (Å²) < 4.78 is 5.35. The molecule has 7 heteroatoms. The minimum Gasteiger partial charge on any atom is -0.470 e. The summed E-state index contributed by atoms with van der Waals surface area (Å²) in [5.74, 6) is 0.696. The van der Waals surface area contributed by atoms with Crippen LogP contribution in [0.15, 0.2) is 24.5 Å². The summed E-state index contributed by atoms with van der Waals surface area (Å²) in [7, 11) is 0. The number of nitrogens with zero attached hydrogens (tertiary/aromatic N) is 3. The molecule has 116 valence electrons. The van der Waals surface area contributed by atoms with Gasteiger partial charge in [-0.25, -0.2) is 9.97 Å². The lowest BCUT2D eigenvalue weighted by Crippen LogP contribution is -2.44. The van der Waals surface area contributed by atoms with E-state index in [4.69, 9.17) is 4.74 Å². The number of carbonyl (C=O) groups excluding carboxylic acids is 1. The Bertz CT molecular complexity index is 673. The highest BCUT2D eigenvalue weighted by Crippen LogP contribution is 2.32. The van der Waals surface area contributed by atoms with Crippen LogP contribution in [-0.4, -0.2) is 35.1 Å². The standard InChI is InChI=1S/C15H18N4O2S/c1-3-10-9-19(11-6-5-7-16-13(11)18-10)14(20)12-8-17-15(22-12)21-4-2/h5-8,10H,3-4,9H2,1-2H3,(H,16,18). The fraction of sp³-hybridized carbons (Fsp3) is 0.400. The van der Waals surface area contributed by atoms with Gasteiger partial charge in [-0.1, -0.05) is 18.3 Å². The second kappa shape index (κ2) is 6.31. The number of hydrogen-bond acceptors (Lipinski definition) is 6. The lowest BCUT2D eigenvalue weighted by molar-refractivity contribution is 0.0988. The molecule has 0 spiro atoms. The molecule has 1 amide bonds. The Morgan fingerprint density at radius 3 is 3.14 bits per heavy atom. The quantitative estimate of drug-likeness (QED) is 0.939. The lowest BCUT2D eigenvalue weighted by Gasteiger charge is -2.34. The van der Waals surface area contributed by atoms with Gasteiger partial charge >= 0.3 is 0 Å². The minimum atomic E-state index is -0.0577. The maximum atomic E-state index is 12.8. The zero-order valence-electron chi connectivity index (χ0n) is 12.6. The molecule has 1 aliphatic rings. The number of carbonyl (C=O) groups is 1. The average molecular weight is 318 g/mol. The lowest BCUT2D eigenvalue weighted by atomic mass is 10.1. The maximum Gasteiger partial charge on any atom is 0.273 e. The average Bonchev–Trinajstić information content (AvgIpc) is 3.02. The molecule has 3 rings (SSSR count). The van der Waals surface area contributed by atoms with Gasteiger partial charge in [0.15, 0.2) is 0 Å². The molecule has 3 heterocycles. The zero-order valence-corrected chi connectivity index (χ0v) is 13.4. The van der Waals surface area contributed by atoms with Crippen molar-refractivity contribution in [3.05, 3.63) is 29.4 Å². The van der Waals surface area contributed by atoms with Crippen LogP contribution in [0.25, 0.3) is 0 Å². The normalized spacial score (nSPS) is 16.8. The molecule has 1 N–H and O–H groups in total. The van der Waals surface area contributed by atoms with E-state index in [0.29, 0.717) is 23.2 Å². The first-order valence-electron chi connectivity index (χ1n) is 7.35. The van der Waals surface area contributed by atoms with Gasteiger partial charge in [-0.2, -0.15) is 0 Å². The molecule has 1 unspecified atom stereocenters. The zero-order chi connectivity index (χ0) is 15.5. The summed E-state index contributed by atoms with van der Waals surface area (Å²) in [5.41, 5.74) is 0.809. The number of fused-ring (bicyclic) bond motifs is 1. The van der Waals surface area contributed by atoms with Crippen molar-refractivity contribution in [2.45, 2.75) is 26.3 Å². The molecule has 0 saturated heterocycles. The molecule has 0 radical (unpaired) electrons. The van der Waals surface area contributed by atoms with E-state index >= 15 is 0 Å². The van der Waals surface area contributed by atoms with Crippen LogP contribution in [0, 0.1) is 0 Å². The van der Waals surface area contributed by atoms with Gasteiger partial charge in [0.1, 0.15) is 10.7 Å². The molecule has 0 aromatic carbocycles. The Balaban J connectivity index is 1.90. The van der Waals surface area contributed by atoms with Crippen LogP contribution in [-0.2, 0) is 0 Å². The number of thiazole rings is 1. The number of nitrogens with one attached hydrogen (secondary N) is 1. The third kappa shape index (κ3) is 2.76. The number of anilines is 2. The molecule has 2 aromatic heterocycles. The van der Waals surface area contributed by atoms with Gasteiger partial charge in [-0.3, -0.25) is 4.79 Å². The SMILES string of the molecule is CCOc1ncc(C(=O)N2CC(CC)Nc3ncccc32)s1. The molecule has 1 atom stereocenters. The first-order valence-corrected chi connectivity index (χ1v) is 8.16. The van der Waals surface area contributed by atoms with Crippen molar-refractivity contribution < 1.29 is 9.53 Å². The van der Waals surface area contributed by atoms with Gasteiger partial charge in [-0.15, -0.1) is 0 Å². The monoisotopic (exact) mass is 318 g/mol. The fourth-order valence-corrected chi connectivity index (χ4v) is 3.16. The molecule has 0 saturated carbocycles. The Morgan fingerprint density at radius 2 is 2.36 bits per heavy atom. The van der Waals surface area contributed by atoms with Gasteiger partial charge < -0.3 is 15.0 Å². The number of ether oxygens (including phenoxy) is 1. The number of aromatic nitrogens is 2. The topological polar surface area (TPSA) is 67.3 Å². The van der Waals surface area contributed by atoms with Crippen LogP contribution in [0.2, 0.25) is 0 Å². The summed E-state index contributed by atoms with van der Waals surface area (Å²) in [6.07, 6.45) is 4.23. The number of hydrogen-bond donors (Lipinski definition) is 1. The third-order valence-electron chi connectivity index (χ3n) is 3.52. The molecule has 2 aromatic rings.